The van der Waals surface area contributed by atoms with E-state index in [2.05, 4.69) is 43.1 Å². The number of rotatable bonds is 3. The van der Waals surface area contributed by atoms with Crippen molar-refractivity contribution < 1.29 is 4.79 Å². The van der Waals surface area contributed by atoms with Crippen LogP contribution in [-0.2, 0) is 18.4 Å². The normalized spacial score (nSPS) is 18.0. The zero-order valence-electron chi connectivity index (χ0n) is 15.4. The number of hydrogen-bond donors (Lipinski definition) is 1. The first-order chi connectivity index (χ1) is 10.7. The Kier molecular flexibility index (Phi) is 7.06. The van der Waals surface area contributed by atoms with E-state index in [-0.39, 0.29) is 41.5 Å². The van der Waals surface area contributed by atoms with Gasteiger partial charge in [0.2, 0.25) is 5.91 Å². The van der Waals surface area contributed by atoms with Gasteiger partial charge >= 0.3 is 0 Å². The number of guanidine groups is 1. The molecule has 1 aromatic heterocycles. The lowest BCUT2D eigenvalue weighted by Gasteiger charge is -2.49. The van der Waals surface area contributed by atoms with Crippen LogP contribution >= 0.6 is 24.0 Å². The molecule has 0 spiro atoms. The van der Waals surface area contributed by atoms with Gasteiger partial charge in [-0.1, -0.05) is 0 Å². The van der Waals surface area contributed by atoms with Crippen molar-refractivity contribution in [2.45, 2.75) is 45.8 Å². The van der Waals surface area contributed by atoms with Crippen LogP contribution in [-0.4, -0.2) is 63.2 Å². The number of aromatic nitrogens is 2. The molecule has 1 aromatic rings. The predicted molar refractivity (Wildman–Crippen MR) is 106 cm³/mol. The molecular weight excluding hydrogens is 419 g/mol. The number of carbonyl (C=O) groups is 1. The fraction of sp³-hybridized carbons (Fsp3) is 0.688. The molecule has 8 heteroatoms. The lowest BCUT2D eigenvalue weighted by molar-refractivity contribution is -0.145. The average Bonchev–Trinajstić information content (AvgIpc) is 2.82. The van der Waals surface area contributed by atoms with Crippen molar-refractivity contribution in [2.24, 2.45) is 12.0 Å². The molecule has 1 fully saturated rings. The van der Waals surface area contributed by atoms with E-state index in [1.165, 1.54) is 0 Å². The fourth-order valence-electron chi connectivity index (χ4n) is 3.39. The van der Waals surface area contributed by atoms with Gasteiger partial charge in [-0.05, 0) is 27.7 Å². The maximum atomic E-state index is 12.5. The third-order valence-corrected chi connectivity index (χ3v) is 4.06. The first-order valence-corrected chi connectivity index (χ1v) is 8.00. The summed E-state index contributed by atoms with van der Waals surface area (Å²) < 4.78 is 1.77. The largest absolute Gasteiger partial charge is 0.352 e. The molecule has 2 rings (SSSR count). The van der Waals surface area contributed by atoms with Gasteiger partial charge in [0.05, 0.1) is 18.3 Å². The summed E-state index contributed by atoms with van der Waals surface area (Å²) >= 11 is 0. The van der Waals surface area contributed by atoms with Gasteiger partial charge in [0.25, 0.3) is 0 Å². The summed E-state index contributed by atoms with van der Waals surface area (Å²) in [5.74, 6) is 0.888. The SMILES string of the molecule is CN=C(NCc1cnn(C)c1)N1CC(=O)N(C(C)C)C(C)(C)C1.I. The molecule has 1 aliphatic heterocycles. The number of aliphatic imine (C=N–C) groups is 1. The third-order valence-electron chi connectivity index (χ3n) is 4.06. The zero-order valence-corrected chi connectivity index (χ0v) is 17.7. The molecule has 0 aliphatic carbocycles. The highest BCUT2D eigenvalue weighted by Gasteiger charge is 2.40. The van der Waals surface area contributed by atoms with E-state index in [1.54, 1.807) is 11.7 Å². The molecule has 1 amide bonds. The maximum absolute atomic E-state index is 12.5. The minimum Gasteiger partial charge on any atom is -0.352 e. The van der Waals surface area contributed by atoms with Crippen LogP contribution in [0.2, 0.25) is 0 Å². The molecule has 0 unspecified atom stereocenters. The van der Waals surface area contributed by atoms with E-state index in [0.29, 0.717) is 13.1 Å². The van der Waals surface area contributed by atoms with E-state index < -0.39 is 0 Å². The quantitative estimate of drug-likeness (QED) is 0.432. The fourth-order valence-corrected chi connectivity index (χ4v) is 3.39. The Morgan fingerprint density at radius 1 is 1.46 bits per heavy atom. The Morgan fingerprint density at radius 3 is 2.58 bits per heavy atom. The lowest BCUT2D eigenvalue weighted by atomic mass is 9.96. The number of piperazine rings is 1. The van der Waals surface area contributed by atoms with Crippen molar-refractivity contribution in [1.29, 1.82) is 0 Å². The molecule has 0 aromatic carbocycles. The Hall–Kier alpha value is -1.32. The molecule has 1 aliphatic rings. The molecule has 0 bridgehead atoms. The zero-order chi connectivity index (χ0) is 17.2. The summed E-state index contributed by atoms with van der Waals surface area (Å²) in [4.78, 5) is 20.9. The van der Waals surface area contributed by atoms with Crippen LogP contribution < -0.4 is 5.32 Å². The van der Waals surface area contributed by atoms with Crippen LogP contribution in [0.3, 0.4) is 0 Å². The van der Waals surface area contributed by atoms with Crippen molar-refractivity contribution in [3.63, 3.8) is 0 Å². The topological polar surface area (TPSA) is 65.8 Å². The highest BCUT2D eigenvalue weighted by molar-refractivity contribution is 14.0. The summed E-state index contributed by atoms with van der Waals surface area (Å²) in [6.45, 7) is 10.1. The Balaban J connectivity index is 0.00000288. The van der Waals surface area contributed by atoms with Gasteiger partial charge in [-0.25, -0.2) is 0 Å². The summed E-state index contributed by atoms with van der Waals surface area (Å²) in [5, 5.41) is 7.48. The van der Waals surface area contributed by atoms with Gasteiger partial charge in [0.15, 0.2) is 5.96 Å². The monoisotopic (exact) mass is 448 g/mol. The molecular formula is C16H29IN6O. The number of nitrogens with zero attached hydrogens (tertiary/aromatic N) is 5. The van der Waals surface area contributed by atoms with Crippen molar-refractivity contribution in [3.8, 4) is 0 Å². The van der Waals surface area contributed by atoms with Crippen LogP contribution in [0.1, 0.15) is 33.3 Å². The van der Waals surface area contributed by atoms with Gasteiger partial charge in [-0.2, -0.15) is 5.10 Å². The Bertz CT molecular complexity index is 595. The standard InChI is InChI=1S/C16H28N6O.HI/c1-12(2)22-14(23)10-21(11-16(22,3)4)15(17-5)18-7-13-8-19-20(6)9-13;/h8-9,12H,7,10-11H2,1-6H3,(H,17,18);1H. The third kappa shape index (κ3) is 4.61. The van der Waals surface area contributed by atoms with Crippen LogP contribution in [0.5, 0.6) is 0 Å². The van der Waals surface area contributed by atoms with Gasteiger partial charge in [-0.15, -0.1) is 24.0 Å². The van der Waals surface area contributed by atoms with Gasteiger partial charge < -0.3 is 15.1 Å². The minimum absolute atomic E-state index is 0. The number of carbonyl (C=O) groups excluding carboxylic acids is 1. The molecule has 136 valence electrons. The molecule has 0 radical (unpaired) electrons. The minimum atomic E-state index is -0.227. The highest BCUT2D eigenvalue weighted by atomic mass is 127. The van der Waals surface area contributed by atoms with Crippen molar-refractivity contribution >= 4 is 35.8 Å². The molecule has 1 N–H and O–H groups in total. The van der Waals surface area contributed by atoms with Crippen molar-refractivity contribution in [3.05, 3.63) is 18.0 Å². The number of nitrogens with one attached hydrogen (secondary N) is 1. The Labute approximate surface area is 161 Å². The second kappa shape index (κ2) is 8.17. The van der Waals surface area contributed by atoms with Gasteiger partial charge in [0, 0.05) is 45.0 Å². The summed E-state index contributed by atoms with van der Waals surface area (Å²) in [7, 11) is 3.64. The van der Waals surface area contributed by atoms with Crippen molar-refractivity contribution in [2.75, 3.05) is 20.1 Å². The molecule has 0 atom stereocenters. The van der Waals surface area contributed by atoms with Gasteiger partial charge in [-0.3, -0.25) is 14.5 Å². The lowest BCUT2D eigenvalue weighted by Crippen LogP contribution is -2.66. The molecule has 24 heavy (non-hydrogen) atoms. The number of aryl methyl sites for hydroxylation is 1. The second-order valence-electron chi connectivity index (χ2n) is 6.95. The first kappa shape index (κ1) is 20.7. The van der Waals surface area contributed by atoms with E-state index in [4.69, 9.17) is 0 Å². The second-order valence-corrected chi connectivity index (χ2v) is 6.95. The van der Waals surface area contributed by atoms with Crippen LogP contribution in [0, 0.1) is 0 Å². The number of hydrogen-bond acceptors (Lipinski definition) is 3. The number of halogens is 1. The summed E-state index contributed by atoms with van der Waals surface area (Å²) in [6, 6.07) is 0.199. The van der Waals surface area contributed by atoms with E-state index in [9.17, 15) is 4.79 Å². The Morgan fingerprint density at radius 2 is 2.12 bits per heavy atom. The van der Waals surface area contributed by atoms with E-state index in [0.717, 1.165) is 18.1 Å². The van der Waals surface area contributed by atoms with E-state index >= 15 is 0 Å². The average molecular weight is 448 g/mol. The summed E-state index contributed by atoms with van der Waals surface area (Å²) in [6.07, 6.45) is 3.79. The van der Waals surface area contributed by atoms with Crippen LogP contribution in [0.15, 0.2) is 17.4 Å². The molecule has 0 saturated carbocycles. The van der Waals surface area contributed by atoms with Crippen LogP contribution in [0.4, 0.5) is 0 Å². The molecule has 1 saturated heterocycles. The molecule has 2 heterocycles. The summed E-state index contributed by atoms with van der Waals surface area (Å²) in [5.41, 5.74) is 0.857. The maximum Gasteiger partial charge on any atom is 0.242 e. The van der Waals surface area contributed by atoms with Crippen LogP contribution in [0.25, 0.3) is 0 Å². The predicted octanol–water partition coefficient (Wildman–Crippen LogP) is 1.44. The van der Waals surface area contributed by atoms with E-state index in [1.807, 2.05) is 29.2 Å². The first-order valence-electron chi connectivity index (χ1n) is 8.00. The number of amides is 1. The molecule has 7 nitrogen and oxygen atoms in total. The van der Waals surface area contributed by atoms with Gasteiger partial charge in [0.1, 0.15) is 0 Å². The van der Waals surface area contributed by atoms with Crippen molar-refractivity contribution in [1.82, 2.24) is 24.9 Å². The highest BCUT2D eigenvalue weighted by Crippen LogP contribution is 2.24. The smallest absolute Gasteiger partial charge is 0.242 e.